The minimum absolute atomic E-state index is 0.303. The molecule has 0 saturated carbocycles. The van der Waals surface area contributed by atoms with Gasteiger partial charge in [-0.1, -0.05) is 46.3 Å². The van der Waals surface area contributed by atoms with Gasteiger partial charge in [0.25, 0.3) is 0 Å². The van der Waals surface area contributed by atoms with Crippen LogP contribution in [0.5, 0.6) is 5.75 Å². The quantitative estimate of drug-likeness (QED) is 0.734. The number of aryl methyl sites for hydroxylation is 1. The van der Waals surface area contributed by atoms with Crippen LogP contribution in [0.25, 0.3) is 0 Å². The third-order valence-electron chi connectivity index (χ3n) is 2.60. The first-order valence-corrected chi connectivity index (χ1v) is 6.67. The third-order valence-corrected chi connectivity index (χ3v) is 3.10. The first kappa shape index (κ1) is 13.1. The summed E-state index contributed by atoms with van der Waals surface area (Å²) < 4.78 is 19.6. The average Bonchev–Trinajstić information content (AvgIpc) is 2.40. The molecule has 0 aromatic heterocycles. The second kappa shape index (κ2) is 6.55. The van der Waals surface area contributed by atoms with E-state index in [1.54, 1.807) is 12.1 Å². The number of rotatable bonds is 5. The van der Waals surface area contributed by atoms with E-state index >= 15 is 0 Å². The molecule has 0 aliphatic heterocycles. The van der Waals surface area contributed by atoms with Gasteiger partial charge in [-0.15, -0.1) is 0 Å². The van der Waals surface area contributed by atoms with Crippen molar-refractivity contribution in [3.63, 3.8) is 0 Å². The summed E-state index contributed by atoms with van der Waals surface area (Å²) in [5.41, 5.74) is 1.27. The van der Waals surface area contributed by atoms with E-state index in [1.807, 2.05) is 18.2 Å². The van der Waals surface area contributed by atoms with Crippen molar-refractivity contribution in [2.75, 3.05) is 6.61 Å². The van der Waals surface area contributed by atoms with Crippen molar-refractivity contribution in [1.82, 2.24) is 0 Å². The molecule has 0 N–H and O–H groups in total. The molecule has 1 nitrogen and oxygen atoms in total. The van der Waals surface area contributed by atoms with Gasteiger partial charge < -0.3 is 4.74 Å². The SMILES string of the molecule is Fc1ccc(Br)cc1OCCCc1ccccc1. The normalized spacial score (nSPS) is 10.3. The van der Waals surface area contributed by atoms with Gasteiger partial charge in [-0.25, -0.2) is 4.39 Å². The van der Waals surface area contributed by atoms with Gasteiger partial charge in [-0.2, -0.15) is 0 Å². The van der Waals surface area contributed by atoms with Crippen LogP contribution in [0.2, 0.25) is 0 Å². The van der Waals surface area contributed by atoms with Crippen molar-refractivity contribution in [2.24, 2.45) is 0 Å². The first-order valence-electron chi connectivity index (χ1n) is 5.87. The van der Waals surface area contributed by atoms with E-state index < -0.39 is 0 Å². The molecule has 0 aliphatic rings. The minimum atomic E-state index is -0.321. The molecule has 2 aromatic rings. The van der Waals surface area contributed by atoms with Crippen LogP contribution in [0.4, 0.5) is 4.39 Å². The molecule has 0 saturated heterocycles. The summed E-state index contributed by atoms with van der Waals surface area (Å²) in [7, 11) is 0. The van der Waals surface area contributed by atoms with Crippen LogP contribution >= 0.6 is 15.9 Å². The molecule has 0 amide bonds. The zero-order chi connectivity index (χ0) is 12.8. The zero-order valence-electron chi connectivity index (χ0n) is 9.90. The van der Waals surface area contributed by atoms with Gasteiger partial charge in [0.05, 0.1) is 6.61 Å². The Kier molecular flexibility index (Phi) is 4.76. The summed E-state index contributed by atoms with van der Waals surface area (Å²) in [6, 6.07) is 14.9. The Balaban J connectivity index is 1.80. The highest BCUT2D eigenvalue weighted by Gasteiger charge is 2.03. The van der Waals surface area contributed by atoms with Crippen molar-refractivity contribution in [3.8, 4) is 5.75 Å². The molecule has 94 valence electrons. The molecule has 0 unspecified atom stereocenters. The molecule has 3 heteroatoms. The van der Waals surface area contributed by atoms with E-state index in [2.05, 4.69) is 28.1 Å². The van der Waals surface area contributed by atoms with Crippen molar-refractivity contribution in [3.05, 3.63) is 64.4 Å². The Bertz CT molecular complexity index is 499. The average molecular weight is 309 g/mol. The van der Waals surface area contributed by atoms with Gasteiger partial charge in [0.15, 0.2) is 11.6 Å². The Labute approximate surface area is 115 Å². The zero-order valence-corrected chi connectivity index (χ0v) is 11.5. The first-order chi connectivity index (χ1) is 8.75. The molecule has 0 aliphatic carbocycles. The Hall–Kier alpha value is -1.35. The lowest BCUT2D eigenvalue weighted by molar-refractivity contribution is 0.295. The maximum absolute atomic E-state index is 13.4. The van der Waals surface area contributed by atoms with Crippen molar-refractivity contribution in [1.29, 1.82) is 0 Å². The maximum Gasteiger partial charge on any atom is 0.165 e. The topological polar surface area (TPSA) is 9.23 Å². The standard InChI is InChI=1S/C15H14BrFO/c16-13-8-9-14(17)15(11-13)18-10-4-7-12-5-2-1-3-6-12/h1-3,5-6,8-9,11H,4,7,10H2. The highest BCUT2D eigenvalue weighted by Crippen LogP contribution is 2.22. The largest absolute Gasteiger partial charge is 0.490 e. The smallest absolute Gasteiger partial charge is 0.165 e. The van der Waals surface area contributed by atoms with Gasteiger partial charge in [0, 0.05) is 4.47 Å². The van der Waals surface area contributed by atoms with E-state index in [1.165, 1.54) is 11.6 Å². The molecular weight excluding hydrogens is 295 g/mol. The van der Waals surface area contributed by atoms with E-state index in [0.29, 0.717) is 12.4 Å². The fourth-order valence-electron chi connectivity index (χ4n) is 1.69. The van der Waals surface area contributed by atoms with Crippen molar-refractivity contribution < 1.29 is 9.13 Å². The number of ether oxygens (including phenoxy) is 1. The van der Waals surface area contributed by atoms with Crippen LogP contribution in [-0.2, 0) is 6.42 Å². The molecular formula is C15H14BrFO. The summed E-state index contributed by atoms with van der Waals surface area (Å²) >= 11 is 3.30. The molecule has 2 rings (SSSR count). The molecule has 0 spiro atoms. The van der Waals surface area contributed by atoms with Gasteiger partial charge in [-0.3, -0.25) is 0 Å². The van der Waals surface area contributed by atoms with Crippen LogP contribution in [0.15, 0.2) is 53.0 Å². The van der Waals surface area contributed by atoms with Crippen LogP contribution < -0.4 is 4.74 Å². The number of hydrogen-bond donors (Lipinski definition) is 0. The van der Waals surface area contributed by atoms with Gasteiger partial charge in [0.1, 0.15) is 0 Å². The molecule has 0 atom stereocenters. The fourth-order valence-corrected chi connectivity index (χ4v) is 2.03. The molecule has 0 heterocycles. The minimum Gasteiger partial charge on any atom is -0.490 e. The molecule has 18 heavy (non-hydrogen) atoms. The van der Waals surface area contributed by atoms with E-state index in [0.717, 1.165) is 17.3 Å². The summed E-state index contributed by atoms with van der Waals surface area (Å²) in [5.74, 6) is -0.0182. The summed E-state index contributed by atoms with van der Waals surface area (Å²) in [6.07, 6.45) is 1.81. The molecule has 2 aromatic carbocycles. The van der Waals surface area contributed by atoms with Crippen molar-refractivity contribution in [2.45, 2.75) is 12.8 Å². The third kappa shape index (κ3) is 3.84. The van der Waals surface area contributed by atoms with Crippen LogP contribution in [0.3, 0.4) is 0 Å². The summed E-state index contributed by atoms with van der Waals surface area (Å²) in [5, 5.41) is 0. The van der Waals surface area contributed by atoms with E-state index in [9.17, 15) is 4.39 Å². The maximum atomic E-state index is 13.4. The lowest BCUT2D eigenvalue weighted by Crippen LogP contribution is -2.01. The van der Waals surface area contributed by atoms with Crippen LogP contribution in [0, 0.1) is 5.82 Å². The Morgan fingerprint density at radius 3 is 2.61 bits per heavy atom. The predicted octanol–water partition coefficient (Wildman–Crippen LogP) is 4.60. The second-order valence-electron chi connectivity index (χ2n) is 4.01. The van der Waals surface area contributed by atoms with Gasteiger partial charge in [0.2, 0.25) is 0 Å². The molecule has 0 bridgehead atoms. The molecule has 0 fully saturated rings. The van der Waals surface area contributed by atoms with Gasteiger partial charge >= 0.3 is 0 Å². The fraction of sp³-hybridized carbons (Fsp3) is 0.200. The van der Waals surface area contributed by atoms with Crippen LogP contribution in [0.1, 0.15) is 12.0 Å². The van der Waals surface area contributed by atoms with Crippen molar-refractivity contribution >= 4 is 15.9 Å². The van der Waals surface area contributed by atoms with E-state index in [-0.39, 0.29) is 5.82 Å². The van der Waals surface area contributed by atoms with E-state index in [4.69, 9.17) is 4.74 Å². The van der Waals surface area contributed by atoms with Crippen LogP contribution in [-0.4, -0.2) is 6.61 Å². The highest BCUT2D eigenvalue weighted by atomic mass is 79.9. The predicted molar refractivity (Wildman–Crippen MR) is 74.4 cm³/mol. The highest BCUT2D eigenvalue weighted by molar-refractivity contribution is 9.10. The molecule has 0 radical (unpaired) electrons. The number of hydrogen-bond acceptors (Lipinski definition) is 1. The number of halogens is 2. The Morgan fingerprint density at radius 2 is 1.83 bits per heavy atom. The summed E-state index contributed by atoms with van der Waals surface area (Å²) in [4.78, 5) is 0. The monoisotopic (exact) mass is 308 g/mol. The number of benzene rings is 2. The lowest BCUT2D eigenvalue weighted by atomic mass is 10.1. The second-order valence-corrected chi connectivity index (χ2v) is 4.93. The summed E-state index contributed by atoms with van der Waals surface area (Å²) in [6.45, 7) is 0.516. The lowest BCUT2D eigenvalue weighted by Gasteiger charge is -2.07. The Morgan fingerprint density at radius 1 is 1.06 bits per heavy atom. The van der Waals surface area contributed by atoms with Gasteiger partial charge in [-0.05, 0) is 36.6 Å².